The predicted molar refractivity (Wildman–Crippen MR) is 119 cm³/mol. The van der Waals surface area contributed by atoms with E-state index in [4.69, 9.17) is 0 Å². The van der Waals surface area contributed by atoms with Gasteiger partial charge in [0.2, 0.25) is 15.9 Å². The quantitative estimate of drug-likeness (QED) is 0.602. The lowest BCUT2D eigenvalue weighted by molar-refractivity contribution is -0.124. The van der Waals surface area contributed by atoms with Crippen LogP contribution in [0, 0.1) is 6.92 Å². The summed E-state index contributed by atoms with van der Waals surface area (Å²) in [4.78, 5) is 18.7. The SMILES string of the molecule is Cc1ccccc1S(=O)(=O)N1CSCC1C(=O)NCc1csc(-c2cccs2)n1. The van der Waals surface area contributed by atoms with Crippen molar-refractivity contribution in [3.63, 3.8) is 0 Å². The smallest absolute Gasteiger partial charge is 0.244 e. The Morgan fingerprint density at radius 3 is 2.83 bits per heavy atom. The number of thioether (sulfide) groups is 1. The van der Waals surface area contributed by atoms with Crippen molar-refractivity contribution < 1.29 is 13.2 Å². The third-order valence-corrected chi connectivity index (χ3v) is 9.67. The number of thiophene rings is 1. The highest BCUT2D eigenvalue weighted by Crippen LogP contribution is 2.30. The van der Waals surface area contributed by atoms with Crippen LogP contribution in [0.25, 0.3) is 9.88 Å². The maximum absolute atomic E-state index is 13.1. The van der Waals surface area contributed by atoms with E-state index in [9.17, 15) is 13.2 Å². The van der Waals surface area contributed by atoms with Gasteiger partial charge in [0.1, 0.15) is 11.0 Å². The Labute approximate surface area is 182 Å². The number of hydrogen-bond acceptors (Lipinski definition) is 7. The summed E-state index contributed by atoms with van der Waals surface area (Å²) in [5, 5.41) is 7.69. The van der Waals surface area contributed by atoms with Crippen LogP contribution in [-0.2, 0) is 21.4 Å². The molecule has 152 valence electrons. The maximum Gasteiger partial charge on any atom is 0.244 e. The number of benzene rings is 1. The number of sulfonamides is 1. The number of nitrogens with one attached hydrogen (secondary N) is 1. The second-order valence-corrected chi connectivity index (χ2v) is 11.2. The molecular weight excluding hydrogens is 446 g/mol. The van der Waals surface area contributed by atoms with Crippen molar-refractivity contribution in [2.24, 2.45) is 0 Å². The maximum atomic E-state index is 13.1. The molecule has 0 saturated carbocycles. The Morgan fingerprint density at radius 2 is 2.07 bits per heavy atom. The molecule has 4 rings (SSSR count). The first-order valence-corrected chi connectivity index (χ1v) is 13.2. The zero-order valence-corrected chi connectivity index (χ0v) is 18.8. The number of rotatable bonds is 6. The molecule has 1 aliphatic heterocycles. The van der Waals surface area contributed by atoms with Crippen LogP contribution in [0.2, 0.25) is 0 Å². The minimum atomic E-state index is -3.73. The van der Waals surface area contributed by atoms with E-state index in [2.05, 4.69) is 10.3 Å². The van der Waals surface area contributed by atoms with Gasteiger partial charge >= 0.3 is 0 Å². The number of hydrogen-bond donors (Lipinski definition) is 1. The van der Waals surface area contributed by atoms with Crippen molar-refractivity contribution >= 4 is 50.4 Å². The Hall–Kier alpha value is -1.72. The van der Waals surface area contributed by atoms with E-state index in [-0.39, 0.29) is 23.2 Å². The number of thiazole rings is 1. The Bertz CT molecular complexity index is 1110. The standard InChI is InChI=1S/C19H19N3O3S4/c1-13-5-2-3-7-17(13)29(24,25)22-12-26-11-15(22)18(23)20-9-14-10-28-19(21-14)16-6-4-8-27-16/h2-8,10,15H,9,11-12H2,1H3,(H,20,23). The van der Waals surface area contributed by atoms with Crippen LogP contribution in [0.4, 0.5) is 0 Å². The van der Waals surface area contributed by atoms with E-state index in [1.807, 2.05) is 22.9 Å². The zero-order valence-electron chi connectivity index (χ0n) is 15.6. The van der Waals surface area contributed by atoms with E-state index >= 15 is 0 Å². The van der Waals surface area contributed by atoms with Crippen LogP contribution in [0.5, 0.6) is 0 Å². The molecule has 1 unspecified atom stereocenters. The fourth-order valence-corrected chi connectivity index (χ4v) is 8.05. The minimum absolute atomic E-state index is 0.250. The number of aromatic nitrogens is 1. The molecule has 1 saturated heterocycles. The second kappa shape index (κ2) is 8.57. The van der Waals surface area contributed by atoms with Crippen molar-refractivity contribution in [2.45, 2.75) is 24.4 Å². The van der Waals surface area contributed by atoms with E-state index < -0.39 is 16.1 Å². The molecule has 0 aliphatic carbocycles. The topological polar surface area (TPSA) is 79.4 Å². The summed E-state index contributed by atoms with van der Waals surface area (Å²) in [6.07, 6.45) is 0. The van der Waals surface area contributed by atoms with Crippen molar-refractivity contribution in [1.82, 2.24) is 14.6 Å². The predicted octanol–water partition coefficient (Wildman–Crippen LogP) is 3.56. The molecule has 10 heteroatoms. The fraction of sp³-hybridized carbons (Fsp3) is 0.263. The van der Waals surface area contributed by atoms with Crippen molar-refractivity contribution in [3.8, 4) is 9.88 Å². The number of amides is 1. The molecule has 6 nitrogen and oxygen atoms in total. The second-order valence-electron chi connectivity index (χ2n) is 6.51. The molecule has 1 N–H and O–H groups in total. The average Bonchev–Trinajstić information content (AvgIpc) is 3.47. The number of nitrogens with zero attached hydrogens (tertiary/aromatic N) is 2. The van der Waals surface area contributed by atoms with Crippen molar-refractivity contribution in [2.75, 3.05) is 11.6 Å². The van der Waals surface area contributed by atoms with Gasteiger partial charge in [0.05, 0.1) is 27.9 Å². The van der Waals surface area contributed by atoms with Gasteiger partial charge in [-0.25, -0.2) is 13.4 Å². The molecule has 2 aromatic heterocycles. The monoisotopic (exact) mass is 465 g/mol. The normalized spacial score (nSPS) is 17.5. The summed E-state index contributed by atoms with van der Waals surface area (Å²) >= 11 is 4.60. The average molecular weight is 466 g/mol. The molecule has 1 fully saturated rings. The van der Waals surface area contributed by atoms with Crippen molar-refractivity contribution in [1.29, 1.82) is 0 Å². The first-order chi connectivity index (χ1) is 14.0. The molecule has 3 aromatic rings. The Morgan fingerprint density at radius 1 is 1.24 bits per heavy atom. The summed E-state index contributed by atoms with van der Waals surface area (Å²) in [5.41, 5.74) is 1.44. The van der Waals surface area contributed by atoms with Gasteiger partial charge < -0.3 is 5.32 Å². The van der Waals surface area contributed by atoms with Crippen LogP contribution >= 0.6 is 34.4 Å². The summed E-state index contributed by atoms with van der Waals surface area (Å²) < 4.78 is 27.5. The number of carbonyl (C=O) groups excluding carboxylic acids is 1. The van der Waals surface area contributed by atoms with Gasteiger partial charge in [0.25, 0.3) is 0 Å². The van der Waals surface area contributed by atoms with Gasteiger partial charge in [-0.15, -0.1) is 34.4 Å². The lowest BCUT2D eigenvalue weighted by Gasteiger charge is -2.23. The van der Waals surface area contributed by atoms with Gasteiger partial charge in [0.15, 0.2) is 0 Å². The first kappa shape index (κ1) is 20.5. The third-order valence-electron chi connectivity index (χ3n) is 4.55. The van der Waals surface area contributed by atoms with E-state index in [0.29, 0.717) is 11.3 Å². The Kier molecular flexibility index (Phi) is 6.07. The number of carbonyl (C=O) groups is 1. The molecule has 0 bridgehead atoms. The Balaban J connectivity index is 1.45. The summed E-state index contributed by atoms with van der Waals surface area (Å²) in [6.45, 7) is 2.04. The molecule has 0 radical (unpaired) electrons. The zero-order chi connectivity index (χ0) is 20.4. The van der Waals surface area contributed by atoms with E-state index in [1.165, 1.54) is 27.4 Å². The summed E-state index contributed by atoms with van der Waals surface area (Å²) in [5.74, 6) is 0.417. The molecule has 1 atom stereocenters. The highest BCUT2D eigenvalue weighted by atomic mass is 32.2. The minimum Gasteiger partial charge on any atom is -0.349 e. The first-order valence-electron chi connectivity index (χ1n) is 8.88. The lowest BCUT2D eigenvalue weighted by Crippen LogP contribution is -2.47. The van der Waals surface area contributed by atoms with Crippen LogP contribution in [-0.4, -0.2) is 41.3 Å². The molecule has 1 aromatic carbocycles. The van der Waals surface area contributed by atoms with Crippen molar-refractivity contribution in [3.05, 3.63) is 58.4 Å². The van der Waals surface area contributed by atoms with Gasteiger partial charge in [-0.1, -0.05) is 24.3 Å². The van der Waals surface area contributed by atoms with Gasteiger partial charge in [-0.2, -0.15) is 4.31 Å². The van der Waals surface area contributed by atoms with Crippen LogP contribution < -0.4 is 5.32 Å². The third kappa shape index (κ3) is 4.26. The molecule has 29 heavy (non-hydrogen) atoms. The molecule has 0 spiro atoms. The van der Waals surface area contributed by atoms with Gasteiger partial charge in [0, 0.05) is 11.1 Å². The summed E-state index contributed by atoms with van der Waals surface area (Å²) in [7, 11) is -3.73. The van der Waals surface area contributed by atoms with Gasteiger partial charge in [-0.05, 0) is 30.0 Å². The highest BCUT2D eigenvalue weighted by molar-refractivity contribution is 8.00. The lowest BCUT2D eigenvalue weighted by atomic mass is 10.2. The van der Waals surface area contributed by atoms with Gasteiger partial charge in [-0.3, -0.25) is 4.79 Å². The van der Waals surface area contributed by atoms with Crippen LogP contribution in [0.15, 0.2) is 52.1 Å². The molecule has 1 amide bonds. The van der Waals surface area contributed by atoms with E-state index in [1.54, 1.807) is 42.5 Å². The van der Waals surface area contributed by atoms with Crippen LogP contribution in [0.3, 0.4) is 0 Å². The highest BCUT2D eigenvalue weighted by Gasteiger charge is 2.40. The van der Waals surface area contributed by atoms with E-state index in [0.717, 1.165) is 15.6 Å². The molecule has 1 aliphatic rings. The number of aryl methyl sites for hydroxylation is 1. The van der Waals surface area contributed by atoms with Crippen LogP contribution in [0.1, 0.15) is 11.3 Å². The summed E-state index contributed by atoms with van der Waals surface area (Å²) in [6, 6.07) is 10.1. The molecular formula is C19H19N3O3S4. The molecule has 3 heterocycles. The largest absolute Gasteiger partial charge is 0.349 e. The fourth-order valence-electron chi connectivity index (χ4n) is 3.04.